The second kappa shape index (κ2) is 9.36. The number of aliphatic hydroxyl groups is 2. The van der Waals surface area contributed by atoms with Crippen molar-refractivity contribution in [2.75, 3.05) is 13.2 Å². The zero-order chi connectivity index (χ0) is 22.0. The molecule has 0 saturated carbocycles. The fraction of sp³-hybridized carbons (Fsp3) is 0.217. The van der Waals surface area contributed by atoms with Crippen molar-refractivity contribution in [1.29, 1.82) is 0 Å². The first-order valence-electron chi connectivity index (χ1n) is 9.71. The number of aromatic nitrogens is 1. The highest BCUT2D eigenvalue weighted by molar-refractivity contribution is 9.10. The summed E-state index contributed by atoms with van der Waals surface area (Å²) in [4.78, 5) is 16.2. The summed E-state index contributed by atoms with van der Waals surface area (Å²) in [6.07, 6.45) is -1.79. The molecule has 0 aliphatic heterocycles. The Labute approximate surface area is 193 Å². The predicted octanol–water partition coefficient (Wildman–Crippen LogP) is 4.43. The van der Waals surface area contributed by atoms with E-state index in [1.165, 1.54) is 6.20 Å². The summed E-state index contributed by atoms with van der Waals surface area (Å²) >= 11 is 9.24. The van der Waals surface area contributed by atoms with Gasteiger partial charge in [-0.2, -0.15) is 0 Å². The number of hydrogen-bond donors (Lipinski definition) is 3. The van der Waals surface area contributed by atoms with Gasteiger partial charge < -0.3 is 20.3 Å². The molecule has 160 valence electrons. The van der Waals surface area contributed by atoms with E-state index in [2.05, 4.69) is 38.4 Å². The molecule has 1 aliphatic rings. The molecule has 3 N–H and O–H groups in total. The maximum Gasteiger partial charge on any atom is 0.407 e. The number of halogens is 2. The Morgan fingerprint density at radius 3 is 2.39 bits per heavy atom. The highest BCUT2D eigenvalue weighted by atomic mass is 79.9. The van der Waals surface area contributed by atoms with E-state index in [1.54, 1.807) is 6.07 Å². The van der Waals surface area contributed by atoms with Crippen molar-refractivity contribution >= 4 is 33.6 Å². The largest absolute Gasteiger partial charge is 0.449 e. The average Bonchev–Trinajstić information content (AvgIpc) is 3.11. The number of rotatable bonds is 6. The van der Waals surface area contributed by atoms with Crippen molar-refractivity contribution in [1.82, 2.24) is 10.3 Å². The molecule has 31 heavy (non-hydrogen) atoms. The van der Waals surface area contributed by atoms with Gasteiger partial charge in [0.1, 0.15) is 24.0 Å². The molecule has 1 amide bonds. The molecule has 2 atom stereocenters. The third-order valence-electron chi connectivity index (χ3n) is 5.32. The van der Waals surface area contributed by atoms with Crippen LogP contribution in [0.2, 0.25) is 5.15 Å². The van der Waals surface area contributed by atoms with Gasteiger partial charge in [0.15, 0.2) is 0 Å². The van der Waals surface area contributed by atoms with Crippen LogP contribution < -0.4 is 5.32 Å². The summed E-state index contributed by atoms with van der Waals surface area (Å²) in [6, 6.07) is 17.7. The second-order valence-electron chi connectivity index (χ2n) is 7.25. The number of benzene rings is 2. The lowest BCUT2D eigenvalue weighted by molar-refractivity contribution is 0.0184. The zero-order valence-corrected chi connectivity index (χ0v) is 18.7. The Balaban J connectivity index is 1.35. The molecule has 0 saturated heterocycles. The summed E-state index contributed by atoms with van der Waals surface area (Å²) in [5.41, 5.74) is 4.78. The van der Waals surface area contributed by atoms with Gasteiger partial charge in [0.2, 0.25) is 0 Å². The lowest BCUT2D eigenvalue weighted by Gasteiger charge is -2.20. The maximum absolute atomic E-state index is 12.2. The molecule has 6 nitrogen and oxygen atoms in total. The third-order valence-corrected chi connectivity index (χ3v) is 6.06. The minimum absolute atomic E-state index is 0.0554. The number of nitrogens with zero attached hydrogens (tertiary/aromatic N) is 1. The van der Waals surface area contributed by atoms with E-state index in [-0.39, 0.29) is 29.8 Å². The maximum atomic E-state index is 12.2. The van der Waals surface area contributed by atoms with Crippen LogP contribution in [0.15, 0.2) is 65.3 Å². The van der Waals surface area contributed by atoms with Crippen LogP contribution in [-0.4, -0.2) is 40.5 Å². The van der Waals surface area contributed by atoms with Crippen LogP contribution in [0.5, 0.6) is 0 Å². The van der Waals surface area contributed by atoms with Crippen LogP contribution in [0.4, 0.5) is 4.79 Å². The molecule has 0 fully saturated rings. The summed E-state index contributed by atoms with van der Waals surface area (Å²) in [7, 11) is 0. The Bertz CT molecular complexity index is 1060. The Morgan fingerprint density at radius 1 is 1.13 bits per heavy atom. The van der Waals surface area contributed by atoms with Crippen LogP contribution >= 0.6 is 27.5 Å². The summed E-state index contributed by atoms with van der Waals surface area (Å²) in [5.74, 6) is -0.0554. The number of aliphatic hydroxyl groups excluding tert-OH is 2. The van der Waals surface area contributed by atoms with E-state index >= 15 is 0 Å². The number of alkyl carbamates (subject to hydrolysis) is 1. The van der Waals surface area contributed by atoms with E-state index in [0.29, 0.717) is 4.47 Å². The fourth-order valence-corrected chi connectivity index (χ4v) is 4.37. The van der Waals surface area contributed by atoms with Crippen LogP contribution in [-0.2, 0) is 4.74 Å². The second-order valence-corrected chi connectivity index (χ2v) is 8.53. The first-order valence-corrected chi connectivity index (χ1v) is 10.9. The molecular formula is C23H20BrClN2O4. The molecule has 0 spiro atoms. The standard InChI is InChI=1S/C23H20BrClN2O4/c24-13-9-18(22(25)26-10-13)21(29)20(28)11-27-23(30)31-12-19-16-7-3-1-5-14(16)15-6-2-4-8-17(15)19/h1-10,19-21,28-29H,11-12H2,(H,27,30). The topological polar surface area (TPSA) is 91.7 Å². The van der Waals surface area contributed by atoms with Crippen molar-refractivity contribution in [3.63, 3.8) is 0 Å². The van der Waals surface area contributed by atoms with Crippen LogP contribution in [0.25, 0.3) is 11.1 Å². The molecule has 2 aromatic carbocycles. The molecule has 1 heterocycles. The molecule has 1 aliphatic carbocycles. The van der Waals surface area contributed by atoms with Gasteiger partial charge >= 0.3 is 6.09 Å². The van der Waals surface area contributed by atoms with Gasteiger partial charge in [-0.3, -0.25) is 0 Å². The quantitative estimate of drug-likeness (QED) is 0.433. The summed E-state index contributed by atoms with van der Waals surface area (Å²) < 4.78 is 6.04. The van der Waals surface area contributed by atoms with Crippen LogP contribution in [0.3, 0.4) is 0 Å². The van der Waals surface area contributed by atoms with Gasteiger partial charge in [-0.25, -0.2) is 9.78 Å². The predicted molar refractivity (Wildman–Crippen MR) is 121 cm³/mol. The lowest BCUT2D eigenvalue weighted by Crippen LogP contribution is -2.36. The van der Waals surface area contributed by atoms with Crippen LogP contribution in [0, 0.1) is 0 Å². The average molecular weight is 504 g/mol. The smallest absolute Gasteiger partial charge is 0.407 e. The Morgan fingerprint density at radius 2 is 1.74 bits per heavy atom. The number of carbonyl (C=O) groups excluding carboxylic acids is 1. The van der Waals surface area contributed by atoms with Crippen molar-refractivity contribution in [2.45, 2.75) is 18.1 Å². The fourth-order valence-electron chi connectivity index (χ4n) is 3.80. The Kier molecular flexibility index (Phi) is 6.57. The van der Waals surface area contributed by atoms with Gasteiger partial charge in [-0.15, -0.1) is 0 Å². The first-order chi connectivity index (χ1) is 15.0. The van der Waals surface area contributed by atoms with E-state index in [0.717, 1.165) is 22.3 Å². The molecule has 2 unspecified atom stereocenters. The zero-order valence-electron chi connectivity index (χ0n) is 16.3. The third kappa shape index (κ3) is 4.60. The van der Waals surface area contributed by atoms with Gasteiger partial charge in [0, 0.05) is 28.7 Å². The number of fused-ring (bicyclic) bond motifs is 3. The number of nitrogens with one attached hydrogen (secondary N) is 1. The minimum atomic E-state index is -1.31. The number of ether oxygens (including phenoxy) is 1. The normalized spacial score (nSPS) is 14.5. The molecule has 0 radical (unpaired) electrons. The SMILES string of the molecule is O=C(NCC(O)C(O)c1cc(Br)cnc1Cl)OCC1c2ccccc2-c2ccccc21. The highest BCUT2D eigenvalue weighted by Gasteiger charge is 2.29. The van der Waals surface area contributed by atoms with Gasteiger partial charge in [-0.1, -0.05) is 60.1 Å². The van der Waals surface area contributed by atoms with E-state index < -0.39 is 18.3 Å². The number of carbonyl (C=O) groups is 1. The summed E-state index contributed by atoms with van der Waals surface area (Å²) in [6.45, 7) is -0.0411. The van der Waals surface area contributed by atoms with Gasteiger partial charge in [0.05, 0.1) is 0 Å². The first kappa shape index (κ1) is 21.8. The van der Waals surface area contributed by atoms with E-state index in [4.69, 9.17) is 16.3 Å². The highest BCUT2D eigenvalue weighted by Crippen LogP contribution is 2.44. The van der Waals surface area contributed by atoms with Gasteiger partial charge in [-0.05, 0) is 44.3 Å². The molecule has 4 rings (SSSR count). The van der Waals surface area contributed by atoms with Gasteiger partial charge in [0.25, 0.3) is 0 Å². The molecular weight excluding hydrogens is 484 g/mol. The Hall–Kier alpha value is -2.45. The number of pyridine rings is 1. The minimum Gasteiger partial charge on any atom is -0.449 e. The van der Waals surface area contributed by atoms with Crippen LogP contribution in [0.1, 0.15) is 28.7 Å². The molecule has 8 heteroatoms. The van der Waals surface area contributed by atoms with Crippen molar-refractivity contribution in [3.05, 3.63) is 87.1 Å². The monoisotopic (exact) mass is 502 g/mol. The van der Waals surface area contributed by atoms with Crippen molar-refractivity contribution in [2.24, 2.45) is 0 Å². The number of amides is 1. The van der Waals surface area contributed by atoms with Crippen molar-refractivity contribution in [3.8, 4) is 11.1 Å². The molecule has 0 bridgehead atoms. The molecule has 1 aromatic heterocycles. The molecule has 3 aromatic rings. The van der Waals surface area contributed by atoms with E-state index in [9.17, 15) is 15.0 Å². The van der Waals surface area contributed by atoms with Crippen molar-refractivity contribution < 1.29 is 19.7 Å². The lowest BCUT2D eigenvalue weighted by atomic mass is 9.98. The number of hydrogen-bond acceptors (Lipinski definition) is 5. The van der Waals surface area contributed by atoms with E-state index in [1.807, 2.05) is 36.4 Å². The summed E-state index contributed by atoms with van der Waals surface area (Å²) in [5, 5.41) is 23.2.